The van der Waals surface area contributed by atoms with Gasteiger partial charge in [0.2, 0.25) is 0 Å². The number of H-pyrrole nitrogens is 1. The van der Waals surface area contributed by atoms with Crippen LogP contribution in [-0.2, 0) is 6.42 Å². The quantitative estimate of drug-likeness (QED) is 0.694. The molecule has 1 heterocycles. The number of fused-ring (bicyclic) bond motifs is 1. The van der Waals surface area contributed by atoms with Crippen LogP contribution in [0.5, 0.6) is 0 Å². The largest absolute Gasteiger partial charge is 0.330 e. The maximum Gasteiger partial charge on any atom is 0.166 e. The second kappa shape index (κ2) is 3.30. The Balaban J connectivity index is 2.19. The molecule has 0 aromatic carbocycles. The predicted molar refractivity (Wildman–Crippen MR) is 48.4 cm³/mol. The van der Waals surface area contributed by atoms with E-state index in [2.05, 4.69) is 10.2 Å². The lowest BCUT2D eigenvalue weighted by atomic mass is 9.85. The molecule has 1 aliphatic rings. The van der Waals surface area contributed by atoms with E-state index < -0.39 is 0 Å². The lowest BCUT2D eigenvalue weighted by Gasteiger charge is -2.19. The first-order valence-electron chi connectivity index (χ1n) is 4.56. The minimum Gasteiger partial charge on any atom is -0.330 e. The Bertz CT molecular complexity index is 318. The molecule has 0 spiro atoms. The van der Waals surface area contributed by atoms with Gasteiger partial charge in [0.15, 0.2) is 5.78 Å². The van der Waals surface area contributed by atoms with E-state index in [1.54, 1.807) is 6.20 Å². The first-order chi connectivity index (χ1) is 6.31. The minimum atomic E-state index is 0.202. The molecule has 0 fully saturated rings. The van der Waals surface area contributed by atoms with E-state index in [1.165, 1.54) is 0 Å². The zero-order valence-electron chi connectivity index (χ0n) is 7.42. The number of ketones is 1. The van der Waals surface area contributed by atoms with Crippen molar-refractivity contribution in [2.45, 2.75) is 19.3 Å². The van der Waals surface area contributed by atoms with Crippen LogP contribution in [0.25, 0.3) is 0 Å². The number of nitrogens with two attached hydrogens (primary N) is 1. The van der Waals surface area contributed by atoms with Crippen LogP contribution >= 0.6 is 0 Å². The second-order valence-electron chi connectivity index (χ2n) is 3.54. The molecule has 3 N–H and O–H groups in total. The summed E-state index contributed by atoms with van der Waals surface area (Å²) in [6.07, 6.45) is 4.09. The van der Waals surface area contributed by atoms with Gasteiger partial charge in [0.1, 0.15) is 0 Å². The first-order valence-corrected chi connectivity index (χ1v) is 4.56. The Hall–Kier alpha value is -1.16. The highest BCUT2D eigenvalue weighted by Crippen LogP contribution is 2.25. The molecular formula is C9H13N3O. The SMILES string of the molecule is NCCC1CC(=O)c2cn[nH]c2C1. The fourth-order valence-corrected chi connectivity index (χ4v) is 1.88. The average molecular weight is 179 g/mol. The van der Waals surface area contributed by atoms with Crippen molar-refractivity contribution in [3.05, 3.63) is 17.5 Å². The summed E-state index contributed by atoms with van der Waals surface area (Å²) in [7, 11) is 0. The summed E-state index contributed by atoms with van der Waals surface area (Å²) >= 11 is 0. The zero-order chi connectivity index (χ0) is 9.26. The fraction of sp³-hybridized carbons (Fsp3) is 0.556. The lowest BCUT2D eigenvalue weighted by molar-refractivity contribution is 0.0947. The van der Waals surface area contributed by atoms with Crippen molar-refractivity contribution in [2.75, 3.05) is 6.54 Å². The predicted octanol–water partition coefficient (Wildman–Crippen LogP) is 0.504. The van der Waals surface area contributed by atoms with Crippen LogP contribution in [0.2, 0.25) is 0 Å². The van der Waals surface area contributed by atoms with Gasteiger partial charge in [0.25, 0.3) is 0 Å². The minimum absolute atomic E-state index is 0.202. The summed E-state index contributed by atoms with van der Waals surface area (Å²) in [5.41, 5.74) is 7.22. The summed E-state index contributed by atoms with van der Waals surface area (Å²) in [5, 5.41) is 6.74. The van der Waals surface area contributed by atoms with Gasteiger partial charge in [0.05, 0.1) is 11.8 Å². The standard InChI is InChI=1S/C9H13N3O/c10-2-1-6-3-8-7(5-11-12-8)9(13)4-6/h5-6H,1-4,10H2,(H,11,12). The number of carbonyl (C=O) groups is 1. The van der Waals surface area contributed by atoms with Crippen LogP contribution in [0, 0.1) is 5.92 Å². The molecule has 1 unspecified atom stereocenters. The summed E-state index contributed by atoms with van der Waals surface area (Å²) in [4.78, 5) is 11.5. The Labute approximate surface area is 76.5 Å². The summed E-state index contributed by atoms with van der Waals surface area (Å²) in [5.74, 6) is 0.610. The van der Waals surface area contributed by atoms with Crippen LogP contribution < -0.4 is 5.73 Å². The Morgan fingerprint density at radius 1 is 1.62 bits per heavy atom. The maximum atomic E-state index is 11.5. The number of carbonyl (C=O) groups excluding carboxylic acids is 1. The van der Waals surface area contributed by atoms with Gasteiger partial charge in [-0.1, -0.05) is 0 Å². The normalized spacial score (nSPS) is 21.6. The third kappa shape index (κ3) is 1.49. The topological polar surface area (TPSA) is 71.8 Å². The van der Waals surface area contributed by atoms with Crippen molar-refractivity contribution in [3.63, 3.8) is 0 Å². The molecule has 0 saturated carbocycles. The molecule has 0 saturated heterocycles. The molecule has 1 aliphatic carbocycles. The van der Waals surface area contributed by atoms with E-state index >= 15 is 0 Å². The molecule has 0 aliphatic heterocycles. The number of Topliss-reactive ketones (excluding diaryl/α,β-unsaturated/α-hetero) is 1. The molecule has 4 nitrogen and oxygen atoms in total. The second-order valence-corrected chi connectivity index (χ2v) is 3.54. The Morgan fingerprint density at radius 2 is 2.46 bits per heavy atom. The molecule has 0 radical (unpaired) electrons. The summed E-state index contributed by atoms with van der Waals surface area (Å²) < 4.78 is 0. The van der Waals surface area contributed by atoms with Crippen LogP contribution in [0.3, 0.4) is 0 Å². The van der Waals surface area contributed by atoms with Gasteiger partial charge in [-0.2, -0.15) is 5.10 Å². The molecule has 4 heteroatoms. The van der Waals surface area contributed by atoms with Gasteiger partial charge in [-0.15, -0.1) is 0 Å². The van der Waals surface area contributed by atoms with Crippen molar-refractivity contribution in [3.8, 4) is 0 Å². The van der Waals surface area contributed by atoms with Gasteiger partial charge in [-0.3, -0.25) is 9.89 Å². The van der Waals surface area contributed by atoms with Crippen LogP contribution in [-0.4, -0.2) is 22.5 Å². The van der Waals surface area contributed by atoms with Crippen molar-refractivity contribution in [1.82, 2.24) is 10.2 Å². The Morgan fingerprint density at radius 3 is 3.23 bits per heavy atom. The molecule has 1 aromatic heterocycles. The third-order valence-corrected chi connectivity index (χ3v) is 2.56. The molecule has 0 bridgehead atoms. The van der Waals surface area contributed by atoms with E-state index in [9.17, 15) is 4.79 Å². The van der Waals surface area contributed by atoms with Gasteiger partial charge in [0, 0.05) is 12.1 Å². The van der Waals surface area contributed by atoms with E-state index in [0.29, 0.717) is 18.9 Å². The number of nitrogens with zero attached hydrogens (tertiary/aromatic N) is 1. The van der Waals surface area contributed by atoms with Crippen LogP contribution in [0.1, 0.15) is 28.9 Å². The lowest BCUT2D eigenvalue weighted by Crippen LogP contribution is -2.21. The highest BCUT2D eigenvalue weighted by Gasteiger charge is 2.25. The highest BCUT2D eigenvalue weighted by molar-refractivity contribution is 5.98. The van der Waals surface area contributed by atoms with Crippen molar-refractivity contribution in [1.29, 1.82) is 0 Å². The van der Waals surface area contributed by atoms with Gasteiger partial charge >= 0.3 is 0 Å². The monoisotopic (exact) mass is 179 g/mol. The molecule has 1 aromatic rings. The highest BCUT2D eigenvalue weighted by atomic mass is 16.1. The van der Waals surface area contributed by atoms with E-state index in [1.807, 2.05) is 0 Å². The molecule has 0 amide bonds. The van der Waals surface area contributed by atoms with Crippen LogP contribution in [0.4, 0.5) is 0 Å². The number of aromatic nitrogens is 2. The molecule has 70 valence electrons. The number of nitrogens with one attached hydrogen (secondary N) is 1. The van der Waals surface area contributed by atoms with E-state index in [4.69, 9.17) is 5.73 Å². The number of rotatable bonds is 2. The van der Waals surface area contributed by atoms with Gasteiger partial charge in [-0.25, -0.2) is 0 Å². The fourth-order valence-electron chi connectivity index (χ4n) is 1.88. The smallest absolute Gasteiger partial charge is 0.166 e. The van der Waals surface area contributed by atoms with Gasteiger partial charge in [-0.05, 0) is 25.3 Å². The summed E-state index contributed by atoms with van der Waals surface area (Å²) in [6.45, 7) is 0.654. The molecular weight excluding hydrogens is 166 g/mol. The first kappa shape index (κ1) is 8.44. The average Bonchev–Trinajstić information content (AvgIpc) is 2.53. The third-order valence-electron chi connectivity index (χ3n) is 2.56. The van der Waals surface area contributed by atoms with E-state index in [0.717, 1.165) is 24.1 Å². The number of hydrogen-bond acceptors (Lipinski definition) is 3. The van der Waals surface area contributed by atoms with Gasteiger partial charge < -0.3 is 5.73 Å². The molecule has 2 rings (SSSR count). The van der Waals surface area contributed by atoms with E-state index in [-0.39, 0.29) is 5.78 Å². The van der Waals surface area contributed by atoms with Crippen LogP contribution in [0.15, 0.2) is 6.20 Å². The van der Waals surface area contributed by atoms with Crippen molar-refractivity contribution < 1.29 is 4.79 Å². The van der Waals surface area contributed by atoms with Crippen molar-refractivity contribution in [2.24, 2.45) is 11.7 Å². The molecule has 1 atom stereocenters. The maximum absolute atomic E-state index is 11.5. The number of aromatic amines is 1. The van der Waals surface area contributed by atoms with Crippen molar-refractivity contribution >= 4 is 5.78 Å². The summed E-state index contributed by atoms with van der Waals surface area (Å²) in [6, 6.07) is 0. The number of hydrogen-bond donors (Lipinski definition) is 2. The molecule has 13 heavy (non-hydrogen) atoms. The Kier molecular flexibility index (Phi) is 2.14. The zero-order valence-corrected chi connectivity index (χ0v) is 7.42.